The van der Waals surface area contributed by atoms with Crippen LogP contribution in [-0.4, -0.2) is 59.9 Å². The van der Waals surface area contributed by atoms with Gasteiger partial charge in [-0.05, 0) is 30.5 Å². The summed E-state index contributed by atoms with van der Waals surface area (Å²) in [4.78, 5) is 28.4. The lowest BCUT2D eigenvalue weighted by Crippen LogP contribution is -2.55. The summed E-state index contributed by atoms with van der Waals surface area (Å²) in [5.74, 6) is -0.489. The van der Waals surface area contributed by atoms with E-state index in [1.807, 2.05) is 18.7 Å². The summed E-state index contributed by atoms with van der Waals surface area (Å²) in [7, 11) is 0. The largest absolute Gasteiger partial charge is 0.340 e. The van der Waals surface area contributed by atoms with Gasteiger partial charge in [-0.15, -0.1) is 0 Å². The summed E-state index contributed by atoms with van der Waals surface area (Å²) in [6, 6.07) is 8.11. The molecule has 1 N–H and O–H groups in total. The van der Waals surface area contributed by atoms with Crippen LogP contribution in [0.4, 0.5) is 4.39 Å². The number of nitriles is 1. The van der Waals surface area contributed by atoms with E-state index in [1.165, 1.54) is 12.1 Å². The molecule has 27 heavy (non-hydrogen) atoms. The fraction of sp³-hybridized carbons (Fsp3) is 0.550. The molecule has 1 heterocycles. The quantitative estimate of drug-likeness (QED) is 0.820. The van der Waals surface area contributed by atoms with Gasteiger partial charge in [0.25, 0.3) is 0 Å². The van der Waals surface area contributed by atoms with Crippen LogP contribution in [0.25, 0.3) is 0 Å². The van der Waals surface area contributed by atoms with E-state index in [-0.39, 0.29) is 36.5 Å². The number of halogens is 1. The van der Waals surface area contributed by atoms with Gasteiger partial charge in [-0.1, -0.05) is 26.0 Å². The van der Waals surface area contributed by atoms with Crippen LogP contribution in [0.2, 0.25) is 0 Å². The number of nitrogens with zero attached hydrogens (tertiary/aromatic N) is 3. The van der Waals surface area contributed by atoms with Crippen LogP contribution in [0, 0.1) is 23.1 Å². The molecular formula is C20H27FN4O2. The molecule has 1 aromatic rings. The van der Waals surface area contributed by atoms with Gasteiger partial charge < -0.3 is 10.2 Å². The van der Waals surface area contributed by atoms with Crippen molar-refractivity contribution >= 4 is 11.8 Å². The molecule has 146 valence electrons. The van der Waals surface area contributed by atoms with Crippen molar-refractivity contribution in [2.45, 2.75) is 32.7 Å². The van der Waals surface area contributed by atoms with Gasteiger partial charge >= 0.3 is 0 Å². The van der Waals surface area contributed by atoms with Crippen LogP contribution < -0.4 is 5.32 Å². The minimum Gasteiger partial charge on any atom is -0.340 e. The molecule has 6 nitrogen and oxygen atoms in total. The van der Waals surface area contributed by atoms with Gasteiger partial charge in [-0.3, -0.25) is 14.5 Å². The Bertz CT molecular complexity index is 706. The van der Waals surface area contributed by atoms with E-state index in [0.717, 1.165) is 5.56 Å². The Hall–Kier alpha value is -2.46. The van der Waals surface area contributed by atoms with Crippen LogP contribution in [0.3, 0.4) is 0 Å². The van der Waals surface area contributed by atoms with E-state index in [4.69, 9.17) is 0 Å². The molecule has 1 aromatic carbocycles. The van der Waals surface area contributed by atoms with Crippen molar-refractivity contribution in [3.05, 3.63) is 35.6 Å². The average Bonchev–Trinajstić information content (AvgIpc) is 2.63. The molecule has 0 aliphatic carbocycles. The van der Waals surface area contributed by atoms with Crippen molar-refractivity contribution in [3.8, 4) is 6.07 Å². The van der Waals surface area contributed by atoms with E-state index in [1.54, 1.807) is 24.0 Å². The Labute approximate surface area is 159 Å². The summed E-state index contributed by atoms with van der Waals surface area (Å²) in [6.07, 6.45) is 0.246. The van der Waals surface area contributed by atoms with Crippen molar-refractivity contribution in [2.75, 3.05) is 32.7 Å². The van der Waals surface area contributed by atoms with Crippen LogP contribution in [0.1, 0.15) is 26.3 Å². The van der Waals surface area contributed by atoms with Crippen molar-refractivity contribution in [1.82, 2.24) is 15.1 Å². The Morgan fingerprint density at radius 3 is 2.33 bits per heavy atom. The van der Waals surface area contributed by atoms with Crippen LogP contribution >= 0.6 is 0 Å². The van der Waals surface area contributed by atoms with Gasteiger partial charge in [0.15, 0.2) is 0 Å². The third kappa shape index (κ3) is 5.76. The minimum absolute atomic E-state index is 0.00238. The van der Waals surface area contributed by atoms with Crippen LogP contribution in [0.5, 0.6) is 0 Å². The lowest BCUT2D eigenvalue weighted by molar-refractivity contribution is -0.132. The first-order valence-corrected chi connectivity index (χ1v) is 9.20. The minimum atomic E-state index is -0.885. The third-order valence-electron chi connectivity index (χ3n) is 5.15. The standard InChI is InChI=1S/C20H27FN4O2/c1-15(2)20(3,14-22)23-18(26)13-24-8-10-25(11-9-24)19(27)12-16-4-6-17(21)7-5-16/h4-7,15H,8-13H2,1-3H3,(H,23,26). The van der Waals surface area contributed by atoms with E-state index < -0.39 is 5.54 Å². The maximum atomic E-state index is 12.9. The fourth-order valence-corrected chi connectivity index (χ4v) is 2.88. The lowest BCUT2D eigenvalue weighted by Gasteiger charge is -2.35. The van der Waals surface area contributed by atoms with E-state index >= 15 is 0 Å². The van der Waals surface area contributed by atoms with E-state index in [0.29, 0.717) is 26.2 Å². The molecule has 0 bridgehead atoms. The molecule has 0 radical (unpaired) electrons. The number of nitrogens with one attached hydrogen (secondary N) is 1. The molecule has 1 aliphatic rings. The molecular weight excluding hydrogens is 347 g/mol. The number of carbonyl (C=O) groups excluding carboxylic acids is 2. The number of rotatable bonds is 6. The maximum absolute atomic E-state index is 12.9. The average molecular weight is 374 g/mol. The van der Waals surface area contributed by atoms with E-state index in [2.05, 4.69) is 11.4 Å². The highest BCUT2D eigenvalue weighted by atomic mass is 19.1. The Balaban J connectivity index is 1.79. The molecule has 2 rings (SSSR count). The first-order valence-electron chi connectivity index (χ1n) is 9.20. The van der Waals surface area contributed by atoms with Gasteiger partial charge in [-0.25, -0.2) is 4.39 Å². The number of piperazine rings is 1. The zero-order valence-corrected chi connectivity index (χ0v) is 16.2. The summed E-state index contributed by atoms with van der Waals surface area (Å²) in [6.45, 7) is 8.04. The second kappa shape index (κ2) is 8.96. The van der Waals surface area contributed by atoms with Gasteiger partial charge in [0.1, 0.15) is 11.4 Å². The molecule has 0 aromatic heterocycles. The second-order valence-corrected chi connectivity index (χ2v) is 7.48. The third-order valence-corrected chi connectivity index (χ3v) is 5.15. The predicted octanol–water partition coefficient (Wildman–Crippen LogP) is 1.57. The Morgan fingerprint density at radius 2 is 1.81 bits per heavy atom. The fourth-order valence-electron chi connectivity index (χ4n) is 2.88. The smallest absolute Gasteiger partial charge is 0.235 e. The molecule has 0 saturated carbocycles. The highest BCUT2D eigenvalue weighted by molar-refractivity contribution is 5.80. The molecule has 1 aliphatic heterocycles. The lowest BCUT2D eigenvalue weighted by atomic mass is 9.90. The summed E-state index contributed by atoms with van der Waals surface area (Å²) >= 11 is 0. The number of hydrogen-bond donors (Lipinski definition) is 1. The summed E-state index contributed by atoms with van der Waals surface area (Å²) in [5, 5.41) is 12.1. The second-order valence-electron chi connectivity index (χ2n) is 7.48. The van der Waals surface area contributed by atoms with Crippen LogP contribution in [0.15, 0.2) is 24.3 Å². The van der Waals surface area contributed by atoms with Crippen molar-refractivity contribution in [2.24, 2.45) is 5.92 Å². The molecule has 7 heteroatoms. The molecule has 1 fully saturated rings. The zero-order chi connectivity index (χ0) is 20.0. The topological polar surface area (TPSA) is 76.4 Å². The van der Waals surface area contributed by atoms with Crippen molar-refractivity contribution in [1.29, 1.82) is 5.26 Å². The van der Waals surface area contributed by atoms with Crippen molar-refractivity contribution in [3.63, 3.8) is 0 Å². The van der Waals surface area contributed by atoms with Gasteiger partial charge in [-0.2, -0.15) is 5.26 Å². The first kappa shape index (κ1) is 20.8. The van der Waals surface area contributed by atoms with Gasteiger partial charge in [0.05, 0.1) is 19.0 Å². The van der Waals surface area contributed by atoms with E-state index in [9.17, 15) is 19.2 Å². The number of carbonyl (C=O) groups is 2. The SMILES string of the molecule is CC(C)C(C)(C#N)NC(=O)CN1CCN(C(=O)Cc2ccc(F)cc2)CC1. The molecule has 0 spiro atoms. The highest BCUT2D eigenvalue weighted by Gasteiger charge is 2.31. The maximum Gasteiger partial charge on any atom is 0.235 e. The molecule has 2 amide bonds. The number of benzene rings is 1. The van der Waals surface area contributed by atoms with Crippen molar-refractivity contribution < 1.29 is 14.0 Å². The Kier molecular flexibility index (Phi) is 6.92. The molecule has 1 atom stereocenters. The zero-order valence-electron chi connectivity index (χ0n) is 16.2. The highest BCUT2D eigenvalue weighted by Crippen LogP contribution is 2.15. The monoisotopic (exact) mass is 374 g/mol. The van der Waals surface area contributed by atoms with Gasteiger partial charge in [0, 0.05) is 26.2 Å². The number of hydrogen-bond acceptors (Lipinski definition) is 4. The molecule has 1 saturated heterocycles. The Morgan fingerprint density at radius 1 is 1.22 bits per heavy atom. The summed E-state index contributed by atoms with van der Waals surface area (Å²) < 4.78 is 12.9. The predicted molar refractivity (Wildman–Crippen MR) is 100 cm³/mol. The van der Waals surface area contributed by atoms with Crippen LogP contribution in [-0.2, 0) is 16.0 Å². The number of amides is 2. The molecule has 1 unspecified atom stereocenters. The first-order chi connectivity index (χ1) is 12.7. The van der Waals surface area contributed by atoms with Gasteiger partial charge in [0.2, 0.25) is 11.8 Å². The normalized spacial score (nSPS) is 17.3. The summed E-state index contributed by atoms with van der Waals surface area (Å²) in [5.41, 5.74) is -0.100.